The summed E-state index contributed by atoms with van der Waals surface area (Å²) in [5.41, 5.74) is 1.39. The normalized spacial score (nSPS) is 18.3. The van der Waals surface area contributed by atoms with Crippen LogP contribution in [0.15, 0.2) is 29.2 Å². The largest absolute Gasteiger partial charge is 0.339 e. The Labute approximate surface area is 237 Å². The first-order chi connectivity index (χ1) is 18.3. The molecule has 1 fully saturated rings. The minimum absolute atomic E-state index is 0.0259. The van der Waals surface area contributed by atoms with Crippen molar-refractivity contribution in [3.8, 4) is 0 Å². The van der Waals surface area contributed by atoms with Crippen molar-refractivity contribution in [1.29, 1.82) is 0 Å². The predicted octanol–water partition coefficient (Wildman–Crippen LogP) is 5.21. The van der Waals surface area contributed by atoms with Gasteiger partial charge in [0.05, 0.1) is 10.5 Å². The van der Waals surface area contributed by atoms with Crippen molar-refractivity contribution in [2.75, 3.05) is 31.5 Å². The summed E-state index contributed by atoms with van der Waals surface area (Å²) in [6.07, 6.45) is 4.36. The van der Waals surface area contributed by atoms with Crippen LogP contribution in [0.3, 0.4) is 0 Å². The number of thiophene rings is 1. The fraction of sp³-hybridized carbons (Fsp3) is 0.586. The number of benzene rings is 1. The summed E-state index contributed by atoms with van der Waals surface area (Å²) in [6, 6.07) is 6.06. The van der Waals surface area contributed by atoms with Crippen LogP contribution in [0.25, 0.3) is 0 Å². The number of nitrogens with one attached hydrogen (secondary N) is 2. The molecule has 0 aliphatic carbocycles. The lowest BCUT2D eigenvalue weighted by atomic mass is 9.81. The van der Waals surface area contributed by atoms with E-state index in [9.17, 15) is 18.0 Å². The zero-order valence-corrected chi connectivity index (χ0v) is 25.7. The van der Waals surface area contributed by atoms with Crippen LogP contribution in [-0.2, 0) is 22.0 Å². The maximum atomic E-state index is 13.8. The van der Waals surface area contributed by atoms with Gasteiger partial charge in [-0.1, -0.05) is 20.3 Å². The molecule has 2 amide bonds. The maximum absolute atomic E-state index is 13.8. The molecular formula is C29H42N4O4S2. The first-order valence-corrected chi connectivity index (χ1v) is 16.2. The van der Waals surface area contributed by atoms with Gasteiger partial charge in [0.1, 0.15) is 5.00 Å². The summed E-state index contributed by atoms with van der Waals surface area (Å²) in [5.74, 6) is -0.390. The van der Waals surface area contributed by atoms with Gasteiger partial charge in [-0.3, -0.25) is 9.59 Å². The first kappa shape index (κ1) is 29.7. The van der Waals surface area contributed by atoms with Gasteiger partial charge in [0.2, 0.25) is 10.0 Å². The lowest BCUT2D eigenvalue weighted by Crippen LogP contribution is -2.55. The van der Waals surface area contributed by atoms with Gasteiger partial charge in [0.25, 0.3) is 11.8 Å². The molecule has 39 heavy (non-hydrogen) atoms. The number of sulfonamides is 1. The molecule has 8 nitrogen and oxygen atoms in total. The molecule has 0 radical (unpaired) electrons. The molecule has 4 rings (SSSR count). The van der Waals surface area contributed by atoms with Crippen LogP contribution in [0.2, 0.25) is 0 Å². The number of hydrogen-bond donors (Lipinski definition) is 2. The smallest absolute Gasteiger partial charge is 0.257 e. The Morgan fingerprint density at radius 2 is 1.72 bits per heavy atom. The van der Waals surface area contributed by atoms with E-state index in [4.69, 9.17) is 0 Å². The van der Waals surface area contributed by atoms with Crippen molar-refractivity contribution in [2.45, 2.75) is 89.6 Å². The van der Waals surface area contributed by atoms with Gasteiger partial charge >= 0.3 is 0 Å². The molecule has 2 aromatic rings. The Balaban J connectivity index is 1.65. The van der Waals surface area contributed by atoms with Crippen LogP contribution in [0.4, 0.5) is 5.00 Å². The van der Waals surface area contributed by atoms with E-state index in [1.807, 2.05) is 18.7 Å². The minimum Gasteiger partial charge on any atom is -0.339 e. The minimum atomic E-state index is -3.63. The Morgan fingerprint density at radius 1 is 1.08 bits per heavy atom. The van der Waals surface area contributed by atoms with E-state index in [1.165, 1.54) is 27.8 Å². The summed E-state index contributed by atoms with van der Waals surface area (Å²) in [5, 5.41) is 7.26. The van der Waals surface area contributed by atoms with Crippen LogP contribution in [-0.4, -0.2) is 61.2 Å². The van der Waals surface area contributed by atoms with Gasteiger partial charge in [0.15, 0.2) is 0 Å². The van der Waals surface area contributed by atoms with Crippen molar-refractivity contribution < 1.29 is 18.0 Å². The third kappa shape index (κ3) is 6.09. The molecule has 1 aromatic heterocycles. The van der Waals surface area contributed by atoms with Crippen LogP contribution in [0.5, 0.6) is 0 Å². The summed E-state index contributed by atoms with van der Waals surface area (Å²) < 4.78 is 27.7. The molecule has 214 valence electrons. The number of anilines is 1. The Bertz CT molecular complexity index is 1320. The first-order valence-electron chi connectivity index (χ1n) is 14.0. The third-order valence-corrected chi connectivity index (χ3v) is 11.0. The van der Waals surface area contributed by atoms with E-state index in [-0.39, 0.29) is 27.8 Å². The molecule has 1 aromatic carbocycles. The highest BCUT2D eigenvalue weighted by atomic mass is 32.2. The maximum Gasteiger partial charge on any atom is 0.257 e. The predicted molar refractivity (Wildman–Crippen MR) is 157 cm³/mol. The zero-order chi connectivity index (χ0) is 28.6. The van der Waals surface area contributed by atoms with E-state index in [1.54, 1.807) is 12.1 Å². The summed E-state index contributed by atoms with van der Waals surface area (Å²) >= 11 is 1.46. The monoisotopic (exact) mass is 574 g/mol. The average Bonchev–Trinajstić information content (AvgIpc) is 3.52. The van der Waals surface area contributed by atoms with E-state index >= 15 is 0 Å². The van der Waals surface area contributed by atoms with Crippen LogP contribution < -0.4 is 10.6 Å². The highest BCUT2D eigenvalue weighted by Crippen LogP contribution is 2.45. The van der Waals surface area contributed by atoms with Crippen LogP contribution in [0, 0.1) is 0 Å². The third-order valence-electron chi connectivity index (χ3n) is 7.55. The standard InChI is InChI=1S/C29H42N4O4S2/c1-7-9-18-33(8-2)39(36,37)21-14-12-20(13-15-21)25(34)30-26-23(27(35)32-16-10-11-17-32)22-19-28(3,4)31-29(5,6)24(22)38-26/h12-15,31H,7-11,16-19H2,1-6H3,(H,30,34). The average molecular weight is 575 g/mol. The molecule has 10 heteroatoms. The van der Waals surface area contributed by atoms with Gasteiger partial charge < -0.3 is 15.5 Å². The number of carbonyl (C=O) groups excluding carboxylic acids is 2. The lowest BCUT2D eigenvalue weighted by molar-refractivity contribution is 0.0792. The van der Waals surface area contributed by atoms with Gasteiger partial charge in [-0.15, -0.1) is 11.3 Å². The SMILES string of the molecule is CCCCN(CC)S(=O)(=O)c1ccc(C(=O)Nc2sc3c(c2C(=O)N2CCCC2)CC(C)(C)NC3(C)C)cc1. The highest BCUT2D eigenvalue weighted by Gasteiger charge is 2.42. The second-order valence-corrected chi connectivity index (χ2v) is 14.7. The Morgan fingerprint density at radius 3 is 2.31 bits per heavy atom. The number of carbonyl (C=O) groups is 2. The molecule has 2 aliphatic rings. The molecule has 2 N–H and O–H groups in total. The molecule has 1 saturated heterocycles. The molecule has 0 atom stereocenters. The number of nitrogens with zero attached hydrogens (tertiary/aromatic N) is 2. The van der Waals surface area contributed by atoms with Crippen molar-refractivity contribution in [2.24, 2.45) is 0 Å². The summed E-state index contributed by atoms with van der Waals surface area (Å²) in [6.45, 7) is 14.7. The molecule has 0 spiro atoms. The summed E-state index contributed by atoms with van der Waals surface area (Å²) in [7, 11) is -3.63. The number of amides is 2. The van der Waals surface area contributed by atoms with Gasteiger partial charge in [-0.2, -0.15) is 4.31 Å². The van der Waals surface area contributed by atoms with Crippen molar-refractivity contribution >= 4 is 38.2 Å². The fourth-order valence-electron chi connectivity index (χ4n) is 5.81. The molecule has 3 heterocycles. The molecule has 0 unspecified atom stereocenters. The second kappa shape index (κ2) is 11.3. The lowest BCUT2D eigenvalue weighted by Gasteiger charge is -2.42. The van der Waals surface area contributed by atoms with Gasteiger partial charge in [0, 0.05) is 47.7 Å². The van der Waals surface area contributed by atoms with Crippen LogP contribution >= 0.6 is 11.3 Å². The molecule has 2 aliphatic heterocycles. The number of rotatable bonds is 9. The molecular weight excluding hydrogens is 532 g/mol. The van der Waals surface area contributed by atoms with E-state index in [0.29, 0.717) is 35.6 Å². The van der Waals surface area contributed by atoms with Crippen molar-refractivity contribution in [3.63, 3.8) is 0 Å². The zero-order valence-electron chi connectivity index (χ0n) is 24.0. The topological polar surface area (TPSA) is 98.8 Å². The van der Waals surface area contributed by atoms with Gasteiger partial charge in [-0.05, 0) is 83.2 Å². The Kier molecular flexibility index (Phi) is 8.61. The number of fused-ring (bicyclic) bond motifs is 1. The molecule has 0 bridgehead atoms. The van der Waals surface area contributed by atoms with E-state index < -0.39 is 10.0 Å². The summed E-state index contributed by atoms with van der Waals surface area (Å²) in [4.78, 5) is 30.3. The Hall–Kier alpha value is -2.27. The highest BCUT2D eigenvalue weighted by molar-refractivity contribution is 7.89. The second-order valence-electron chi connectivity index (χ2n) is 11.8. The number of likely N-dealkylation sites (tertiary alicyclic amines) is 1. The van der Waals surface area contributed by atoms with Crippen LogP contribution in [0.1, 0.15) is 98.4 Å². The fourth-order valence-corrected chi connectivity index (χ4v) is 8.56. The van der Waals surface area contributed by atoms with E-state index in [0.717, 1.165) is 49.2 Å². The van der Waals surface area contributed by atoms with Gasteiger partial charge in [-0.25, -0.2) is 8.42 Å². The van der Waals surface area contributed by atoms with E-state index in [2.05, 4.69) is 38.3 Å². The quantitative estimate of drug-likeness (QED) is 0.429. The van der Waals surface area contributed by atoms with Crippen molar-refractivity contribution in [3.05, 3.63) is 45.8 Å². The molecule has 0 saturated carbocycles. The number of hydrogen-bond acceptors (Lipinski definition) is 6. The van der Waals surface area contributed by atoms with Crippen molar-refractivity contribution in [1.82, 2.24) is 14.5 Å². The number of unbranched alkanes of at least 4 members (excludes halogenated alkanes) is 1.